The van der Waals surface area contributed by atoms with Crippen LogP contribution in [0.15, 0.2) is 0 Å². The van der Waals surface area contributed by atoms with Crippen LogP contribution in [0.1, 0.15) is 24.6 Å². The Hall–Kier alpha value is -1.10. The molecule has 2 rings (SSSR count). The lowest BCUT2D eigenvalue weighted by atomic mass is 10.4. The van der Waals surface area contributed by atoms with E-state index < -0.39 is 0 Å². The highest BCUT2D eigenvalue weighted by Gasteiger charge is 2.28. The number of aryl methyl sites for hydroxylation is 1. The maximum absolute atomic E-state index is 5.39. The lowest BCUT2D eigenvalue weighted by Crippen LogP contribution is -2.15. The van der Waals surface area contributed by atoms with Crippen molar-refractivity contribution in [2.45, 2.75) is 18.8 Å². The van der Waals surface area contributed by atoms with Crippen LogP contribution in [0, 0.1) is 0 Å². The number of nitrogens with one attached hydrogen (secondary N) is 1. The monoisotopic (exact) mass is 181 g/mol. The Bertz CT molecular complexity index is 289. The second kappa shape index (κ2) is 3.33. The Labute approximate surface area is 77.3 Å². The Morgan fingerprint density at radius 1 is 1.62 bits per heavy atom. The lowest BCUT2D eigenvalue weighted by molar-refractivity contribution is 0.745. The largest absolute Gasteiger partial charge is 0.353 e. The summed E-state index contributed by atoms with van der Waals surface area (Å²) in [7, 11) is 1.90. The van der Waals surface area contributed by atoms with Crippen molar-refractivity contribution < 1.29 is 0 Å². The Kier molecular flexibility index (Phi) is 2.18. The normalized spacial score (nSPS) is 16.2. The van der Waals surface area contributed by atoms with E-state index >= 15 is 0 Å². The summed E-state index contributed by atoms with van der Waals surface area (Å²) < 4.78 is 1.78. The van der Waals surface area contributed by atoms with Gasteiger partial charge in [-0.15, -0.1) is 0 Å². The van der Waals surface area contributed by atoms with Gasteiger partial charge in [0.25, 0.3) is 0 Å². The molecular weight excluding hydrogens is 166 g/mol. The molecule has 0 aliphatic heterocycles. The van der Waals surface area contributed by atoms with E-state index in [4.69, 9.17) is 5.73 Å². The summed E-state index contributed by atoms with van der Waals surface area (Å²) in [6.07, 6.45) is 2.47. The average molecular weight is 181 g/mol. The number of hydrogen-bond donors (Lipinski definition) is 2. The van der Waals surface area contributed by atoms with Crippen LogP contribution in [0.2, 0.25) is 0 Å². The van der Waals surface area contributed by atoms with E-state index in [9.17, 15) is 0 Å². The van der Waals surface area contributed by atoms with Crippen LogP contribution >= 0.6 is 0 Å². The minimum atomic E-state index is 0.611. The van der Waals surface area contributed by atoms with Gasteiger partial charge in [0.1, 0.15) is 0 Å². The molecule has 5 nitrogen and oxygen atoms in total. The number of aromatic nitrogens is 3. The first kappa shape index (κ1) is 8.50. The maximum Gasteiger partial charge on any atom is 0.221 e. The average Bonchev–Trinajstić information content (AvgIpc) is 2.89. The molecule has 1 saturated carbocycles. The van der Waals surface area contributed by atoms with E-state index in [-0.39, 0.29) is 0 Å². The summed E-state index contributed by atoms with van der Waals surface area (Å²) in [6, 6.07) is 0. The number of nitrogens with zero attached hydrogens (tertiary/aromatic N) is 3. The summed E-state index contributed by atoms with van der Waals surface area (Å²) in [5, 5.41) is 7.46. The van der Waals surface area contributed by atoms with E-state index in [1.165, 1.54) is 12.8 Å². The first-order chi connectivity index (χ1) is 6.31. The van der Waals surface area contributed by atoms with Gasteiger partial charge in [-0.05, 0) is 12.8 Å². The van der Waals surface area contributed by atoms with Crippen LogP contribution in [0.3, 0.4) is 0 Å². The lowest BCUT2D eigenvalue weighted by Gasteiger charge is -2.00. The Morgan fingerprint density at radius 2 is 2.38 bits per heavy atom. The van der Waals surface area contributed by atoms with Crippen LogP contribution in [0.5, 0.6) is 0 Å². The first-order valence-electron chi connectivity index (χ1n) is 4.66. The zero-order valence-electron chi connectivity index (χ0n) is 7.82. The maximum atomic E-state index is 5.39. The topological polar surface area (TPSA) is 68.8 Å². The van der Waals surface area contributed by atoms with Crippen LogP contribution in [-0.2, 0) is 7.05 Å². The molecule has 0 radical (unpaired) electrons. The molecular formula is C8H15N5. The second-order valence-corrected chi connectivity index (χ2v) is 3.41. The Morgan fingerprint density at radius 3 is 3.00 bits per heavy atom. The molecule has 72 valence electrons. The number of rotatable bonds is 4. The minimum absolute atomic E-state index is 0.611. The van der Waals surface area contributed by atoms with Crippen molar-refractivity contribution in [1.82, 2.24) is 14.8 Å². The van der Waals surface area contributed by atoms with Gasteiger partial charge >= 0.3 is 0 Å². The molecule has 0 saturated heterocycles. The first-order valence-corrected chi connectivity index (χ1v) is 4.66. The van der Waals surface area contributed by atoms with Gasteiger partial charge in [0.2, 0.25) is 5.95 Å². The van der Waals surface area contributed by atoms with Gasteiger partial charge in [-0.3, -0.25) is 0 Å². The fourth-order valence-corrected chi connectivity index (χ4v) is 1.26. The summed E-state index contributed by atoms with van der Waals surface area (Å²) >= 11 is 0. The fourth-order valence-electron chi connectivity index (χ4n) is 1.26. The summed E-state index contributed by atoms with van der Waals surface area (Å²) in [5.41, 5.74) is 5.39. The highest BCUT2D eigenvalue weighted by atomic mass is 15.4. The molecule has 0 amide bonds. The molecule has 0 atom stereocenters. The molecule has 3 N–H and O–H groups in total. The molecule has 1 fully saturated rings. The van der Waals surface area contributed by atoms with Gasteiger partial charge in [0.05, 0.1) is 0 Å². The van der Waals surface area contributed by atoms with Crippen molar-refractivity contribution in [2.75, 3.05) is 18.4 Å². The molecule has 1 aromatic heterocycles. The molecule has 0 spiro atoms. The van der Waals surface area contributed by atoms with Crippen molar-refractivity contribution >= 4 is 5.95 Å². The SMILES string of the molecule is Cn1nc(C2CC2)nc1NCCN. The molecule has 0 aromatic carbocycles. The van der Waals surface area contributed by atoms with E-state index in [0.717, 1.165) is 18.3 Å². The highest BCUT2D eigenvalue weighted by molar-refractivity contribution is 5.26. The third-order valence-corrected chi connectivity index (χ3v) is 2.15. The third-order valence-electron chi connectivity index (χ3n) is 2.15. The molecule has 1 aliphatic carbocycles. The quantitative estimate of drug-likeness (QED) is 0.689. The Balaban J connectivity index is 2.06. The van der Waals surface area contributed by atoms with E-state index in [1.54, 1.807) is 4.68 Å². The third kappa shape index (κ3) is 1.80. The van der Waals surface area contributed by atoms with Crippen molar-refractivity contribution in [3.05, 3.63) is 5.82 Å². The summed E-state index contributed by atoms with van der Waals surface area (Å²) in [5.74, 6) is 2.41. The molecule has 1 aromatic rings. The number of nitrogens with two attached hydrogens (primary N) is 1. The van der Waals surface area contributed by atoms with E-state index in [0.29, 0.717) is 12.5 Å². The van der Waals surface area contributed by atoms with Gasteiger partial charge in [0.15, 0.2) is 5.82 Å². The van der Waals surface area contributed by atoms with Crippen LogP contribution < -0.4 is 11.1 Å². The number of hydrogen-bond acceptors (Lipinski definition) is 4. The minimum Gasteiger partial charge on any atom is -0.353 e. The fraction of sp³-hybridized carbons (Fsp3) is 0.750. The van der Waals surface area contributed by atoms with E-state index in [1.807, 2.05) is 7.05 Å². The highest BCUT2D eigenvalue weighted by Crippen LogP contribution is 2.38. The predicted molar refractivity (Wildman–Crippen MR) is 50.5 cm³/mol. The van der Waals surface area contributed by atoms with Gasteiger partial charge in [-0.1, -0.05) is 0 Å². The molecule has 0 unspecified atom stereocenters. The van der Waals surface area contributed by atoms with Crippen molar-refractivity contribution in [1.29, 1.82) is 0 Å². The van der Waals surface area contributed by atoms with Crippen LogP contribution in [-0.4, -0.2) is 27.9 Å². The van der Waals surface area contributed by atoms with Gasteiger partial charge in [-0.2, -0.15) is 10.1 Å². The summed E-state index contributed by atoms with van der Waals surface area (Å²) in [4.78, 5) is 4.39. The van der Waals surface area contributed by atoms with Gasteiger partial charge in [0, 0.05) is 26.1 Å². The smallest absolute Gasteiger partial charge is 0.221 e. The number of anilines is 1. The zero-order valence-corrected chi connectivity index (χ0v) is 7.82. The molecule has 13 heavy (non-hydrogen) atoms. The molecule has 1 heterocycles. The van der Waals surface area contributed by atoms with Crippen LogP contribution in [0.25, 0.3) is 0 Å². The predicted octanol–water partition coefficient (Wildman–Crippen LogP) is 0.0631. The van der Waals surface area contributed by atoms with Crippen molar-refractivity contribution in [3.8, 4) is 0 Å². The standard InChI is InChI=1S/C8H15N5/c1-13-8(10-5-4-9)11-7(12-13)6-2-3-6/h6H,2-5,9H2,1H3,(H,10,11,12). The molecule has 0 bridgehead atoms. The van der Waals surface area contributed by atoms with Crippen molar-refractivity contribution in [3.63, 3.8) is 0 Å². The van der Waals surface area contributed by atoms with Crippen molar-refractivity contribution in [2.24, 2.45) is 12.8 Å². The molecule has 1 aliphatic rings. The van der Waals surface area contributed by atoms with E-state index in [2.05, 4.69) is 15.4 Å². The zero-order chi connectivity index (χ0) is 9.26. The molecule has 5 heteroatoms. The second-order valence-electron chi connectivity index (χ2n) is 3.41. The summed E-state index contributed by atoms with van der Waals surface area (Å²) in [6.45, 7) is 1.36. The van der Waals surface area contributed by atoms with Crippen LogP contribution in [0.4, 0.5) is 5.95 Å². The van der Waals surface area contributed by atoms with Gasteiger partial charge in [-0.25, -0.2) is 4.68 Å². The van der Waals surface area contributed by atoms with Gasteiger partial charge < -0.3 is 11.1 Å².